The summed E-state index contributed by atoms with van der Waals surface area (Å²) < 4.78 is 25.7. The van der Waals surface area contributed by atoms with E-state index in [-0.39, 0.29) is 10.7 Å². The van der Waals surface area contributed by atoms with Crippen molar-refractivity contribution in [3.05, 3.63) is 65.0 Å². The van der Waals surface area contributed by atoms with Crippen LogP contribution in [0, 0.1) is 6.92 Å². The zero-order chi connectivity index (χ0) is 15.7. The first kappa shape index (κ1) is 14.9. The lowest BCUT2D eigenvalue weighted by Gasteiger charge is -2.03. The maximum Gasteiger partial charge on any atom is 0.188 e. The quantitative estimate of drug-likeness (QED) is 0.682. The van der Waals surface area contributed by atoms with E-state index in [0.29, 0.717) is 4.88 Å². The third-order valence-corrected chi connectivity index (χ3v) is 6.47. The molecule has 1 heterocycles. The Balaban J connectivity index is 1.96. The maximum atomic E-state index is 12.5. The van der Waals surface area contributed by atoms with Gasteiger partial charge in [0, 0.05) is 4.70 Å². The first-order valence-electron chi connectivity index (χ1n) is 6.78. The number of aryl methyl sites for hydroxylation is 1. The van der Waals surface area contributed by atoms with E-state index in [1.807, 2.05) is 31.2 Å². The number of thiophene rings is 1. The largest absolute Gasteiger partial charge is 0.292 e. The van der Waals surface area contributed by atoms with Gasteiger partial charge in [0.1, 0.15) is 5.75 Å². The molecule has 22 heavy (non-hydrogen) atoms. The molecule has 0 bridgehead atoms. The predicted octanol–water partition coefficient (Wildman–Crippen LogP) is 3.87. The lowest BCUT2D eigenvalue weighted by atomic mass is 10.1. The first-order valence-corrected chi connectivity index (χ1v) is 9.25. The summed E-state index contributed by atoms with van der Waals surface area (Å²) in [7, 11) is -3.60. The summed E-state index contributed by atoms with van der Waals surface area (Å²) >= 11 is 1.35. The second-order valence-corrected chi connectivity index (χ2v) is 8.09. The third-order valence-electron chi connectivity index (χ3n) is 3.52. The predicted molar refractivity (Wildman–Crippen MR) is 89.4 cm³/mol. The highest BCUT2D eigenvalue weighted by Gasteiger charge is 2.23. The number of carbonyl (C=O) groups excluding carboxylic acids is 1. The lowest BCUT2D eigenvalue weighted by Crippen LogP contribution is -2.16. The van der Waals surface area contributed by atoms with Crippen molar-refractivity contribution in [2.45, 2.75) is 11.8 Å². The van der Waals surface area contributed by atoms with E-state index in [4.69, 9.17) is 0 Å². The number of hydrogen-bond donors (Lipinski definition) is 0. The fourth-order valence-corrected chi connectivity index (χ4v) is 4.86. The zero-order valence-electron chi connectivity index (χ0n) is 11.9. The Morgan fingerprint density at radius 1 is 1.00 bits per heavy atom. The Kier molecular flexibility index (Phi) is 3.85. The van der Waals surface area contributed by atoms with Crippen molar-refractivity contribution in [1.29, 1.82) is 0 Å². The first-order chi connectivity index (χ1) is 10.5. The van der Waals surface area contributed by atoms with Gasteiger partial charge >= 0.3 is 0 Å². The molecule has 5 heteroatoms. The van der Waals surface area contributed by atoms with Gasteiger partial charge in [-0.2, -0.15) is 0 Å². The smallest absolute Gasteiger partial charge is 0.188 e. The van der Waals surface area contributed by atoms with E-state index < -0.39 is 15.6 Å². The number of carbonyl (C=O) groups is 1. The van der Waals surface area contributed by atoms with Crippen LogP contribution in [0.1, 0.15) is 15.2 Å². The van der Waals surface area contributed by atoms with Gasteiger partial charge in [-0.25, -0.2) is 8.42 Å². The minimum atomic E-state index is -3.60. The molecule has 0 amide bonds. The van der Waals surface area contributed by atoms with Gasteiger partial charge in [-0.1, -0.05) is 36.4 Å². The molecular weight excluding hydrogens is 316 g/mol. The molecule has 3 nitrogen and oxygen atoms in total. The van der Waals surface area contributed by atoms with Crippen LogP contribution in [0.25, 0.3) is 10.1 Å². The van der Waals surface area contributed by atoms with Crippen molar-refractivity contribution in [2.24, 2.45) is 0 Å². The lowest BCUT2D eigenvalue weighted by molar-refractivity contribution is 0.102. The van der Waals surface area contributed by atoms with Crippen LogP contribution in [-0.2, 0) is 9.84 Å². The number of hydrogen-bond acceptors (Lipinski definition) is 4. The maximum absolute atomic E-state index is 12.5. The molecule has 0 fully saturated rings. The molecule has 0 unspecified atom stereocenters. The molecule has 0 saturated heterocycles. The molecular formula is C17H14O3S2. The molecule has 2 aromatic carbocycles. The number of ketones is 1. The van der Waals surface area contributed by atoms with E-state index in [0.717, 1.165) is 15.6 Å². The topological polar surface area (TPSA) is 51.2 Å². The van der Waals surface area contributed by atoms with Gasteiger partial charge in [-0.15, -0.1) is 11.3 Å². The van der Waals surface area contributed by atoms with E-state index in [2.05, 4.69) is 0 Å². The summed E-state index contributed by atoms with van der Waals surface area (Å²) in [5.74, 6) is -0.840. The van der Waals surface area contributed by atoms with Crippen molar-refractivity contribution in [2.75, 3.05) is 5.75 Å². The van der Waals surface area contributed by atoms with Crippen LogP contribution >= 0.6 is 11.3 Å². The normalized spacial score (nSPS) is 11.7. The number of fused-ring (bicyclic) bond motifs is 1. The Hall–Kier alpha value is -1.98. The molecule has 0 radical (unpaired) electrons. The fourth-order valence-electron chi connectivity index (χ4n) is 2.39. The highest BCUT2D eigenvalue weighted by atomic mass is 32.2. The molecule has 3 rings (SSSR count). The zero-order valence-corrected chi connectivity index (χ0v) is 13.6. The van der Waals surface area contributed by atoms with Crippen molar-refractivity contribution >= 4 is 37.0 Å². The van der Waals surface area contributed by atoms with Crippen molar-refractivity contribution in [3.63, 3.8) is 0 Å². The van der Waals surface area contributed by atoms with Gasteiger partial charge in [-0.3, -0.25) is 4.79 Å². The molecule has 0 aliphatic rings. The van der Waals surface area contributed by atoms with Crippen LogP contribution in [0.3, 0.4) is 0 Å². The molecule has 1 aromatic heterocycles. The second kappa shape index (κ2) is 5.66. The highest BCUT2D eigenvalue weighted by molar-refractivity contribution is 7.92. The summed E-state index contributed by atoms with van der Waals surface area (Å²) in [5, 5.41) is 1.01. The average molecular weight is 330 g/mol. The van der Waals surface area contributed by atoms with Crippen LogP contribution in [0.2, 0.25) is 0 Å². The van der Waals surface area contributed by atoms with Crippen molar-refractivity contribution < 1.29 is 13.2 Å². The third kappa shape index (κ3) is 2.69. The fraction of sp³-hybridized carbons (Fsp3) is 0.118. The molecule has 0 spiro atoms. The Labute approximate surface area is 133 Å². The summed E-state index contributed by atoms with van der Waals surface area (Å²) in [5.41, 5.74) is 0.855. The van der Waals surface area contributed by atoms with Crippen LogP contribution < -0.4 is 0 Å². The standard InChI is InChI=1S/C17H14O3S2/c1-12-14-9-5-6-10-16(14)21-17(12)15(18)11-22(19,20)13-7-3-2-4-8-13/h2-10H,11H2,1H3. The molecule has 0 aliphatic carbocycles. The minimum Gasteiger partial charge on any atom is -0.292 e. The molecule has 0 aliphatic heterocycles. The van der Waals surface area contributed by atoms with Gasteiger partial charge < -0.3 is 0 Å². The minimum absolute atomic E-state index is 0.183. The highest BCUT2D eigenvalue weighted by Crippen LogP contribution is 2.31. The van der Waals surface area contributed by atoms with Gasteiger partial charge in [-0.05, 0) is 36.1 Å². The second-order valence-electron chi connectivity index (χ2n) is 5.05. The van der Waals surface area contributed by atoms with E-state index in [1.54, 1.807) is 18.2 Å². The van der Waals surface area contributed by atoms with E-state index in [9.17, 15) is 13.2 Å². The summed E-state index contributed by atoms with van der Waals surface area (Å²) in [6, 6.07) is 15.8. The number of benzene rings is 2. The SMILES string of the molecule is Cc1c(C(=O)CS(=O)(=O)c2ccccc2)sc2ccccc12. The summed E-state index contributed by atoms with van der Waals surface area (Å²) in [6.45, 7) is 1.86. The van der Waals surface area contributed by atoms with Gasteiger partial charge in [0.05, 0.1) is 9.77 Å². The molecule has 0 atom stereocenters. The van der Waals surface area contributed by atoms with Crippen molar-refractivity contribution in [3.8, 4) is 0 Å². The Morgan fingerprint density at radius 2 is 1.64 bits per heavy atom. The molecule has 3 aromatic rings. The van der Waals surface area contributed by atoms with Gasteiger partial charge in [0.2, 0.25) is 0 Å². The Morgan fingerprint density at radius 3 is 2.32 bits per heavy atom. The number of rotatable bonds is 4. The summed E-state index contributed by atoms with van der Waals surface area (Å²) in [6.07, 6.45) is 0. The van der Waals surface area contributed by atoms with E-state index in [1.165, 1.54) is 23.5 Å². The average Bonchev–Trinajstić information content (AvgIpc) is 2.86. The van der Waals surface area contributed by atoms with Crippen LogP contribution in [0.5, 0.6) is 0 Å². The van der Waals surface area contributed by atoms with Gasteiger partial charge in [0.25, 0.3) is 0 Å². The monoisotopic (exact) mass is 330 g/mol. The number of sulfone groups is 1. The van der Waals surface area contributed by atoms with Crippen LogP contribution in [0.15, 0.2) is 59.5 Å². The van der Waals surface area contributed by atoms with E-state index >= 15 is 0 Å². The van der Waals surface area contributed by atoms with Gasteiger partial charge in [0.15, 0.2) is 15.6 Å². The molecule has 0 N–H and O–H groups in total. The van der Waals surface area contributed by atoms with Crippen LogP contribution in [0.4, 0.5) is 0 Å². The summed E-state index contributed by atoms with van der Waals surface area (Å²) in [4.78, 5) is 13.2. The Bertz CT molecular complexity index is 938. The molecule has 112 valence electrons. The number of Topliss-reactive ketones (excluding diaryl/α,β-unsaturated/α-hetero) is 1. The van der Waals surface area contributed by atoms with Crippen molar-refractivity contribution in [1.82, 2.24) is 0 Å². The van der Waals surface area contributed by atoms with Crippen LogP contribution in [-0.4, -0.2) is 20.0 Å². The molecule has 0 saturated carbocycles.